The molecule has 18 heavy (non-hydrogen) atoms. The van der Waals surface area contributed by atoms with Gasteiger partial charge in [0.1, 0.15) is 0 Å². The Bertz CT molecular complexity index is 570. The third-order valence-corrected chi connectivity index (χ3v) is 4.76. The first kappa shape index (κ1) is 11.7. The molecule has 1 N–H and O–H groups in total. The second-order valence-electron chi connectivity index (χ2n) is 4.65. The number of hydrogen-bond donors (Lipinski definition) is 1. The van der Waals surface area contributed by atoms with E-state index in [4.69, 9.17) is 0 Å². The van der Waals surface area contributed by atoms with Gasteiger partial charge in [-0.1, -0.05) is 18.2 Å². The van der Waals surface area contributed by atoms with Gasteiger partial charge in [0.15, 0.2) is 0 Å². The molecule has 1 aromatic carbocycles. The monoisotopic (exact) mass is 260 g/mol. The Morgan fingerprint density at radius 3 is 2.78 bits per heavy atom. The fraction of sp³-hybridized carbons (Fsp3) is 0.357. The van der Waals surface area contributed by atoms with Gasteiger partial charge in [0.05, 0.1) is 11.2 Å². The van der Waals surface area contributed by atoms with Crippen molar-refractivity contribution in [2.75, 3.05) is 16.8 Å². The molecule has 0 aliphatic carbocycles. The number of pyridine rings is 1. The van der Waals surface area contributed by atoms with E-state index in [0.717, 1.165) is 40.9 Å². The number of nitrogens with zero attached hydrogens (tertiary/aromatic N) is 1. The van der Waals surface area contributed by atoms with Gasteiger partial charge >= 0.3 is 0 Å². The minimum atomic E-state index is -0.602. The summed E-state index contributed by atoms with van der Waals surface area (Å²) in [5.41, 5.74) is 2.11. The maximum Gasteiger partial charge on any atom is 0.0933 e. The van der Waals surface area contributed by atoms with Gasteiger partial charge in [0.2, 0.25) is 0 Å². The molecule has 4 heteroatoms. The molecule has 3 nitrogen and oxygen atoms in total. The minimum absolute atomic E-state index is 0.426. The summed E-state index contributed by atoms with van der Waals surface area (Å²) in [6.07, 6.45) is 3.79. The van der Waals surface area contributed by atoms with Crippen molar-refractivity contribution in [2.24, 2.45) is 0 Å². The lowest BCUT2D eigenvalue weighted by atomic mass is 10.1. The van der Waals surface area contributed by atoms with Crippen molar-refractivity contribution >= 4 is 27.4 Å². The molecule has 1 aliphatic rings. The summed E-state index contributed by atoms with van der Waals surface area (Å²) < 4.78 is 11.3. The van der Waals surface area contributed by atoms with E-state index in [9.17, 15) is 4.21 Å². The normalized spacial score (nSPS) is 24.0. The highest BCUT2D eigenvalue weighted by atomic mass is 32.2. The fourth-order valence-corrected chi connectivity index (χ4v) is 3.68. The van der Waals surface area contributed by atoms with Gasteiger partial charge in [-0.2, -0.15) is 0 Å². The molecule has 1 fully saturated rings. The minimum Gasteiger partial charge on any atom is -0.380 e. The molecule has 0 radical (unpaired) electrons. The van der Waals surface area contributed by atoms with Crippen molar-refractivity contribution in [3.8, 4) is 0 Å². The summed E-state index contributed by atoms with van der Waals surface area (Å²) in [5, 5.41) is 4.70. The van der Waals surface area contributed by atoms with Crippen LogP contribution < -0.4 is 5.32 Å². The third kappa shape index (κ3) is 2.38. The Hall–Kier alpha value is -1.42. The van der Waals surface area contributed by atoms with Crippen LogP contribution in [-0.4, -0.2) is 26.7 Å². The molecule has 1 aromatic heterocycles. The fourth-order valence-electron chi connectivity index (χ4n) is 2.38. The van der Waals surface area contributed by atoms with Crippen molar-refractivity contribution in [1.82, 2.24) is 4.98 Å². The van der Waals surface area contributed by atoms with Crippen molar-refractivity contribution in [3.63, 3.8) is 0 Å². The quantitative estimate of drug-likeness (QED) is 0.902. The van der Waals surface area contributed by atoms with Gasteiger partial charge in [0.25, 0.3) is 0 Å². The van der Waals surface area contributed by atoms with E-state index in [0.29, 0.717) is 6.04 Å². The Morgan fingerprint density at radius 1 is 1.17 bits per heavy atom. The average Bonchev–Trinajstić information content (AvgIpc) is 2.42. The Labute approximate surface area is 109 Å². The van der Waals surface area contributed by atoms with E-state index in [2.05, 4.69) is 28.5 Å². The Kier molecular flexibility index (Phi) is 3.28. The predicted molar refractivity (Wildman–Crippen MR) is 76.3 cm³/mol. The molecule has 1 aliphatic heterocycles. The Morgan fingerprint density at radius 2 is 1.94 bits per heavy atom. The average molecular weight is 260 g/mol. The predicted octanol–water partition coefficient (Wildman–Crippen LogP) is 2.56. The number of anilines is 1. The topological polar surface area (TPSA) is 42.0 Å². The Balaban J connectivity index is 1.84. The van der Waals surface area contributed by atoms with Crippen LogP contribution in [0.2, 0.25) is 0 Å². The molecule has 0 amide bonds. The molecule has 0 bridgehead atoms. The van der Waals surface area contributed by atoms with E-state index >= 15 is 0 Å². The molecule has 0 unspecified atom stereocenters. The summed E-state index contributed by atoms with van der Waals surface area (Å²) in [4.78, 5) is 4.44. The number of nitrogens with one attached hydrogen (secondary N) is 1. The molecular formula is C14H16N2OS. The summed E-state index contributed by atoms with van der Waals surface area (Å²) in [7, 11) is -0.602. The van der Waals surface area contributed by atoms with E-state index in [1.807, 2.05) is 18.3 Å². The lowest BCUT2D eigenvalue weighted by Gasteiger charge is -2.24. The third-order valence-electron chi connectivity index (χ3n) is 3.38. The van der Waals surface area contributed by atoms with Crippen molar-refractivity contribution < 1.29 is 4.21 Å². The number of aromatic nitrogens is 1. The van der Waals surface area contributed by atoms with Crippen LogP contribution in [0.1, 0.15) is 12.8 Å². The second kappa shape index (κ2) is 5.06. The van der Waals surface area contributed by atoms with Gasteiger partial charge < -0.3 is 5.32 Å². The molecule has 3 rings (SSSR count). The SMILES string of the molecule is O=S1CCC(Nc2cccc3cccnc23)CC1. The molecule has 94 valence electrons. The highest BCUT2D eigenvalue weighted by molar-refractivity contribution is 7.85. The number of benzene rings is 1. The van der Waals surface area contributed by atoms with Crippen LogP contribution in [0.4, 0.5) is 5.69 Å². The van der Waals surface area contributed by atoms with Crippen LogP contribution in [-0.2, 0) is 10.8 Å². The lowest BCUT2D eigenvalue weighted by Crippen LogP contribution is -2.29. The smallest absolute Gasteiger partial charge is 0.0933 e. The maximum atomic E-state index is 11.3. The summed E-state index contributed by atoms with van der Waals surface area (Å²) >= 11 is 0. The van der Waals surface area contributed by atoms with Crippen molar-refractivity contribution in [1.29, 1.82) is 0 Å². The van der Waals surface area contributed by atoms with E-state index < -0.39 is 10.8 Å². The van der Waals surface area contributed by atoms with Gasteiger partial charge in [-0.3, -0.25) is 9.19 Å². The maximum absolute atomic E-state index is 11.3. The zero-order chi connectivity index (χ0) is 12.4. The van der Waals surface area contributed by atoms with Crippen LogP contribution >= 0.6 is 0 Å². The van der Waals surface area contributed by atoms with Gasteiger partial charge in [-0.05, 0) is 25.0 Å². The van der Waals surface area contributed by atoms with Crippen LogP contribution in [0.3, 0.4) is 0 Å². The number of fused-ring (bicyclic) bond motifs is 1. The van der Waals surface area contributed by atoms with Crippen LogP contribution in [0, 0.1) is 0 Å². The summed E-state index contributed by atoms with van der Waals surface area (Å²) in [5.74, 6) is 1.63. The van der Waals surface area contributed by atoms with Crippen molar-refractivity contribution in [2.45, 2.75) is 18.9 Å². The summed E-state index contributed by atoms with van der Waals surface area (Å²) in [6, 6.07) is 10.6. The van der Waals surface area contributed by atoms with Crippen LogP contribution in [0.25, 0.3) is 10.9 Å². The van der Waals surface area contributed by atoms with Gasteiger partial charge in [0, 0.05) is 39.9 Å². The molecular weight excluding hydrogens is 244 g/mol. The number of rotatable bonds is 2. The molecule has 0 spiro atoms. The summed E-state index contributed by atoms with van der Waals surface area (Å²) in [6.45, 7) is 0. The second-order valence-corrected chi connectivity index (χ2v) is 6.34. The molecule has 0 saturated carbocycles. The molecule has 2 heterocycles. The number of para-hydroxylation sites is 1. The van der Waals surface area contributed by atoms with E-state index in [1.165, 1.54) is 0 Å². The largest absolute Gasteiger partial charge is 0.380 e. The first-order chi connectivity index (χ1) is 8.83. The zero-order valence-electron chi connectivity index (χ0n) is 10.1. The first-order valence-corrected chi connectivity index (χ1v) is 7.77. The molecule has 0 atom stereocenters. The number of hydrogen-bond acceptors (Lipinski definition) is 3. The zero-order valence-corrected chi connectivity index (χ0v) is 11.0. The van der Waals surface area contributed by atoms with Crippen molar-refractivity contribution in [3.05, 3.63) is 36.5 Å². The van der Waals surface area contributed by atoms with Crippen LogP contribution in [0.15, 0.2) is 36.5 Å². The molecule has 2 aromatic rings. The standard InChI is InChI=1S/C14H16N2OS/c17-18-9-6-12(7-10-18)16-13-5-1-3-11-4-2-8-15-14(11)13/h1-5,8,12,16H,6-7,9-10H2. The first-order valence-electron chi connectivity index (χ1n) is 6.28. The van der Waals surface area contributed by atoms with E-state index in [1.54, 1.807) is 0 Å². The van der Waals surface area contributed by atoms with Crippen LogP contribution in [0.5, 0.6) is 0 Å². The van der Waals surface area contributed by atoms with E-state index in [-0.39, 0.29) is 0 Å². The molecule has 1 saturated heterocycles. The van der Waals surface area contributed by atoms with Gasteiger partial charge in [-0.25, -0.2) is 0 Å². The van der Waals surface area contributed by atoms with Gasteiger partial charge in [-0.15, -0.1) is 0 Å². The lowest BCUT2D eigenvalue weighted by molar-refractivity contribution is 0.624. The highest BCUT2D eigenvalue weighted by Crippen LogP contribution is 2.23. The highest BCUT2D eigenvalue weighted by Gasteiger charge is 2.18.